The van der Waals surface area contributed by atoms with Gasteiger partial charge >= 0.3 is 0 Å². The third-order valence-corrected chi connectivity index (χ3v) is 4.25. The maximum atomic E-state index is 4.39. The summed E-state index contributed by atoms with van der Waals surface area (Å²) < 4.78 is 0. The first-order valence-corrected chi connectivity index (χ1v) is 7.85. The Morgan fingerprint density at radius 2 is 1.09 bits per heavy atom. The predicted molar refractivity (Wildman–Crippen MR) is 87.5 cm³/mol. The van der Waals surface area contributed by atoms with E-state index in [9.17, 15) is 0 Å². The molecule has 0 amide bonds. The number of hydrogen-bond donors (Lipinski definition) is 0. The third kappa shape index (κ3) is 3.06. The van der Waals surface area contributed by atoms with Crippen LogP contribution in [-0.4, -0.2) is 35.2 Å². The van der Waals surface area contributed by atoms with Gasteiger partial charge in [0.15, 0.2) is 0 Å². The van der Waals surface area contributed by atoms with E-state index in [0.29, 0.717) is 12.1 Å². The average molecular weight is 306 g/mol. The molecule has 0 saturated carbocycles. The van der Waals surface area contributed by atoms with Crippen LogP contribution in [0.25, 0.3) is 0 Å². The quantitative estimate of drug-likeness (QED) is 0.797. The first kappa shape index (κ1) is 13.9. The van der Waals surface area contributed by atoms with Gasteiger partial charge in [0.2, 0.25) is 0 Å². The van der Waals surface area contributed by atoms with Crippen molar-refractivity contribution in [1.29, 1.82) is 0 Å². The highest BCUT2D eigenvalue weighted by Crippen LogP contribution is 2.32. The Labute approximate surface area is 135 Å². The standard InChI is InChI=1S/C17H18N6/c1-3-7-14(8-4-1)18-20-22-12-17-11-16(22)13-23(17)21-19-15-9-5-2-6-10-15/h1-10,16-17H,11-13H2/t16-,17-/m0/s1. The topological polar surface area (TPSA) is 55.9 Å². The molecule has 0 unspecified atom stereocenters. The van der Waals surface area contributed by atoms with Crippen LogP contribution >= 0.6 is 0 Å². The molecular formula is C17H18N6. The fourth-order valence-corrected chi connectivity index (χ4v) is 3.05. The van der Waals surface area contributed by atoms with Crippen LogP contribution in [-0.2, 0) is 0 Å². The molecule has 2 bridgehead atoms. The van der Waals surface area contributed by atoms with E-state index in [0.717, 1.165) is 30.9 Å². The summed E-state index contributed by atoms with van der Waals surface area (Å²) >= 11 is 0. The van der Waals surface area contributed by atoms with Gasteiger partial charge in [-0.1, -0.05) is 46.8 Å². The molecule has 0 aromatic heterocycles. The highest BCUT2D eigenvalue weighted by Gasteiger charge is 2.43. The zero-order valence-electron chi connectivity index (χ0n) is 12.7. The summed E-state index contributed by atoms with van der Waals surface area (Å²) in [6.45, 7) is 1.71. The lowest BCUT2D eigenvalue weighted by Crippen LogP contribution is -2.41. The van der Waals surface area contributed by atoms with E-state index >= 15 is 0 Å². The van der Waals surface area contributed by atoms with Gasteiger partial charge in [-0.3, -0.25) is 10.0 Å². The number of hydrogen-bond acceptors (Lipinski definition) is 4. The molecule has 2 fully saturated rings. The summed E-state index contributed by atoms with van der Waals surface area (Å²) in [5, 5.41) is 21.5. The molecule has 23 heavy (non-hydrogen) atoms. The highest BCUT2D eigenvalue weighted by atomic mass is 15.7. The monoisotopic (exact) mass is 306 g/mol. The summed E-state index contributed by atoms with van der Waals surface area (Å²) in [5.74, 6) is 0. The number of rotatable bonds is 4. The van der Waals surface area contributed by atoms with Crippen molar-refractivity contribution >= 4 is 11.4 Å². The Morgan fingerprint density at radius 3 is 1.48 bits per heavy atom. The summed E-state index contributed by atoms with van der Waals surface area (Å²) in [6, 6.07) is 20.4. The fourth-order valence-electron chi connectivity index (χ4n) is 3.05. The zero-order valence-corrected chi connectivity index (χ0v) is 12.7. The van der Waals surface area contributed by atoms with Gasteiger partial charge in [0.05, 0.1) is 36.5 Å². The van der Waals surface area contributed by atoms with E-state index < -0.39 is 0 Å². The third-order valence-electron chi connectivity index (χ3n) is 4.25. The van der Waals surface area contributed by atoms with Crippen molar-refractivity contribution in [2.75, 3.05) is 13.1 Å². The van der Waals surface area contributed by atoms with Gasteiger partial charge < -0.3 is 0 Å². The Kier molecular flexibility index (Phi) is 3.71. The lowest BCUT2D eigenvalue weighted by atomic mass is 10.2. The fraction of sp³-hybridized carbons (Fsp3) is 0.294. The Morgan fingerprint density at radius 1 is 0.652 bits per heavy atom. The van der Waals surface area contributed by atoms with E-state index in [1.54, 1.807) is 0 Å². The van der Waals surface area contributed by atoms with Crippen LogP contribution in [0.5, 0.6) is 0 Å². The minimum absolute atomic E-state index is 0.377. The van der Waals surface area contributed by atoms with Crippen LogP contribution < -0.4 is 0 Å². The molecule has 2 aromatic carbocycles. The predicted octanol–water partition coefficient (Wildman–Crippen LogP) is 4.14. The first-order chi connectivity index (χ1) is 11.4. The Balaban J connectivity index is 1.37. The maximum absolute atomic E-state index is 4.39. The molecule has 0 N–H and O–H groups in total. The van der Waals surface area contributed by atoms with Crippen molar-refractivity contribution in [3.63, 3.8) is 0 Å². The summed E-state index contributed by atoms with van der Waals surface area (Å²) in [6.07, 6.45) is 1.07. The van der Waals surface area contributed by atoms with Crippen LogP contribution in [0, 0.1) is 0 Å². The first-order valence-electron chi connectivity index (χ1n) is 7.85. The number of benzene rings is 2. The molecule has 4 rings (SSSR count). The molecule has 0 radical (unpaired) electrons. The van der Waals surface area contributed by atoms with Crippen LogP contribution in [0.15, 0.2) is 81.3 Å². The van der Waals surface area contributed by atoms with E-state index in [2.05, 4.69) is 30.7 Å². The lowest BCUT2D eigenvalue weighted by Gasteiger charge is -2.28. The summed E-state index contributed by atoms with van der Waals surface area (Å²) in [5.41, 5.74) is 1.77. The van der Waals surface area contributed by atoms with Crippen LogP contribution in [0.2, 0.25) is 0 Å². The van der Waals surface area contributed by atoms with E-state index in [4.69, 9.17) is 0 Å². The second-order valence-electron chi connectivity index (χ2n) is 5.84. The van der Waals surface area contributed by atoms with Gasteiger partial charge in [-0.05, 0) is 30.7 Å². The maximum Gasteiger partial charge on any atom is 0.0874 e. The van der Waals surface area contributed by atoms with E-state index in [-0.39, 0.29) is 0 Å². The van der Waals surface area contributed by atoms with Crippen molar-refractivity contribution < 1.29 is 0 Å². The second-order valence-corrected chi connectivity index (χ2v) is 5.84. The second kappa shape index (κ2) is 6.16. The van der Waals surface area contributed by atoms with Gasteiger partial charge in [0.1, 0.15) is 0 Å². The molecule has 0 spiro atoms. The molecule has 2 aliphatic rings. The minimum Gasteiger partial charge on any atom is -0.271 e. The molecular weight excluding hydrogens is 288 g/mol. The number of fused-ring (bicyclic) bond motifs is 2. The molecule has 2 aliphatic heterocycles. The Bertz CT molecular complexity index is 638. The van der Waals surface area contributed by atoms with Crippen molar-refractivity contribution in [2.24, 2.45) is 20.7 Å². The van der Waals surface area contributed by atoms with Gasteiger partial charge in [0, 0.05) is 0 Å². The van der Waals surface area contributed by atoms with Gasteiger partial charge in [-0.2, -0.15) is 0 Å². The molecule has 116 valence electrons. The summed E-state index contributed by atoms with van der Waals surface area (Å²) in [4.78, 5) is 0. The molecule has 2 aromatic rings. The molecule has 2 heterocycles. The van der Waals surface area contributed by atoms with Gasteiger partial charge in [-0.25, -0.2) is 0 Å². The smallest absolute Gasteiger partial charge is 0.0874 e. The molecule has 2 atom stereocenters. The average Bonchev–Trinajstić information content (AvgIpc) is 3.20. The SMILES string of the molecule is c1ccc(N=NN2C[C@@H]3C[C@H]2CN3N=Nc2ccccc2)cc1. The Hall–Kier alpha value is -2.76. The van der Waals surface area contributed by atoms with Gasteiger partial charge in [-0.15, -0.1) is 10.2 Å². The number of nitrogens with zero attached hydrogens (tertiary/aromatic N) is 6. The highest BCUT2D eigenvalue weighted by molar-refractivity contribution is 5.35. The van der Waals surface area contributed by atoms with E-state index in [1.807, 2.05) is 60.7 Å². The van der Waals surface area contributed by atoms with Crippen molar-refractivity contribution in [2.45, 2.75) is 18.5 Å². The molecule has 6 nitrogen and oxygen atoms in total. The lowest BCUT2D eigenvalue weighted by molar-refractivity contribution is 0.121. The van der Waals surface area contributed by atoms with Gasteiger partial charge in [0.25, 0.3) is 0 Å². The van der Waals surface area contributed by atoms with Crippen LogP contribution in [0.3, 0.4) is 0 Å². The van der Waals surface area contributed by atoms with E-state index in [1.165, 1.54) is 0 Å². The molecule has 0 aliphatic carbocycles. The minimum atomic E-state index is 0.377. The normalized spacial score (nSPS) is 23.5. The zero-order chi connectivity index (χ0) is 15.5. The molecule has 2 saturated heterocycles. The number of piperazine rings is 1. The van der Waals surface area contributed by atoms with Crippen LogP contribution in [0.4, 0.5) is 11.4 Å². The largest absolute Gasteiger partial charge is 0.271 e. The van der Waals surface area contributed by atoms with Crippen LogP contribution in [0.1, 0.15) is 6.42 Å². The van der Waals surface area contributed by atoms with Crippen molar-refractivity contribution in [3.05, 3.63) is 60.7 Å². The van der Waals surface area contributed by atoms with Crippen molar-refractivity contribution in [3.8, 4) is 0 Å². The molecule has 6 heteroatoms. The summed E-state index contributed by atoms with van der Waals surface area (Å²) in [7, 11) is 0. The van der Waals surface area contributed by atoms with Crippen molar-refractivity contribution in [1.82, 2.24) is 10.0 Å².